The van der Waals surface area contributed by atoms with Crippen LogP contribution >= 0.6 is 11.6 Å². The van der Waals surface area contributed by atoms with E-state index in [1.54, 1.807) is 32.2 Å². The van der Waals surface area contributed by atoms with Crippen molar-refractivity contribution in [2.24, 2.45) is 0 Å². The van der Waals surface area contributed by atoms with Crippen LogP contribution < -0.4 is 10.3 Å². The molecule has 9 heteroatoms. The molecular weight excluding hydrogens is 464 g/mol. The molecule has 8 nitrogen and oxygen atoms in total. The zero-order chi connectivity index (χ0) is 24.2. The topological polar surface area (TPSA) is 79.2 Å². The fraction of sp³-hybridized carbons (Fsp3) is 0.231. The normalized spacial score (nSPS) is 11.3. The monoisotopic (exact) mass is 488 g/mol. The molecule has 0 saturated heterocycles. The van der Waals surface area contributed by atoms with Crippen molar-refractivity contribution in [3.8, 4) is 17.0 Å². The first-order valence-corrected chi connectivity index (χ1v) is 11.9. The molecule has 0 spiro atoms. The Kier molecular flexibility index (Phi) is 6.63. The van der Waals surface area contributed by atoms with Crippen LogP contribution in [0.15, 0.2) is 78.0 Å². The number of benzene rings is 2. The van der Waals surface area contributed by atoms with E-state index in [0.29, 0.717) is 41.6 Å². The summed E-state index contributed by atoms with van der Waals surface area (Å²) >= 11 is 5.96. The number of aromatic nitrogens is 6. The molecule has 0 aliphatic heterocycles. The van der Waals surface area contributed by atoms with Crippen LogP contribution in [0.1, 0.15) is 31.0 Å². The molecule has 3 heterocycles. The summed E-state index contributed by atoms with van der Waals surface area (Å²) in [7, 11) is 0. The third-order valence-electron chi connectivity index (χ3n) is 5.70. The van der Waals surface area contributed by atoms with E-state index in [1.165, 1.54) is 0 Å². The van der Waals surface area contributed by atoms with Crippen molar-refractivity contribution in [1.82, 2.24) is 29.2 Å². The lowest BCUT2D eigenvalue weighted by atomic mass is 10.1. The number of ether oxygens (including phenoxy) is 1. The molecule has 0 N–H and O–H groups in total. The fourth-order valence-corrected chi connectivity index (χ4v) is 3.98. The number of halogens is 1. The third-order valence-corrected chi connectivity index (χ3v) is 5.95. The van der Waals surface area contributed by atoms with Crippen molar-refractivity contribution < 1.29 is 4.74 Å². The van der Waals surface area contributed by atoms with Crippen molar-refractivity contribution in [2.75, 3.05) is 6.61 Å². The maximum absolute atomic E-state index is 13.2. The molecule has 5 aromatic rings. The van der Waals surface area contributed by atoms with Crippen LogP contribution in [0.25, 0.3) is 16.8 Å². The summed E-state index contributed by atoms with van der Waals surface area (Å²) in [6.45, 7) is 3.66. The molecule has 0 aliphatic rings. The molecule has 35 heavy (non-hydrogen) atoms. The molecule has 0 radical (unpaired) electrons. The van der Waals surface area contributed by atoms with Gasteiger partial charge in [-0.2, -0.15) is 5.10 Å². The molecule has 0 bridgehead atoms. The minimum atomic E-state index is -0.150. The van der Waals surface area contributed by atoms with Gasteiger partial charge in [-0.05, 0) is 42.3 Å². The van der Waals surface area contributed by atoms with Gasteiger partial charge < -0.3 is 9.30 Å². The highest BCUT2D eigenvalue weighted by Crippen LogP contribution is 2.29. The lowest BCUT2D eigenvalue weighted by Gasteiger charge is -2.09. The van der Waals surface area contributed by atoms with E-state index < -0.39 is 0 Å². The summed E-state index contributed by atoms with van der Waals surface area (Å²) in [5.74, 6) is 0.766. The number of hydrogen-bond donors (Lipinski definition) is 0. The zero-order valence-corrected chi connectivity index (χ0v) is 20.1. The quantitative estimate of drug-likeness (QED) is 0.281. The predicted molar refractivity (Wildman–Crippen MR) is 135 cm³/mol. The van der Waals surface area contributed by atoms with Crippen LogP contribution in [0.4, 0.5) is 0 Å². The first kappa shape index (κ1) is 22.9. The van der Waals surface area contributed by atoms with Gasteiger partial charge in [-0.15, -0.1) is 5.10 Å². The highest BCUT2D eigenvalue weighted by molar-refractivity contribution is 6.30. The van der Waals surface area contributed by atoms with Gasteiger partial charge in [0.1, 0.15) is 17.0 Å². The van der Waals surface area contributed by atoms with E-state index in [2.05, 4.69) is 22.3 Å². The molecule has 0 aliphatic carbocycles. The molecule has 3 aromatic heterocycles. The van der Waals surface area contributed by atoms with Crippen molar-refractivity contribution in [3.63, 3.8) is 0 Å². The van der Waals surface area contributed by atoms with Crippen molar-refractivity contribution in [1.29, 1.82) is 0 Å². The van der Waals surface area contributed by atoms with E-state index in [4.69, 9.17) is 16.3 Å². The Morgan fingerprint density at radius 3 is 2.69 bits per heavy atom. The average Bonchev–Trinajstić information content (AvgIpc) is 3.50. The summed E-state index contributed by atoms with van der Waals surface area (Å²) < 4.78 is 10.9. The van der Waals surface area contributed by atoms with Crippen LogP contribution in [-0.4, -0.2) is 35.8 Å². The molecule has 0 atom stereocenters. The van der Waals surface area contributed by atoms with Gasteiger partial charge in [-0.25, -0.2) is 9.20 Å². The highest BCUT2D eigenvalue weighted by Gasteiger charge is 2.14. The summed E-state index contributed by atoms with van der Waals surface area (Å²) in [4.78, 5) is 13.2. The number of unbranched alkanes of at least 4 members (excludes halogenated alkanes) is 1. The Hall–Kier alpha value is -3.91. The fourth-order valence-electron chi connectivity index (χ4n) is 3.85. The Bertz CT molecular complexity index is 1500. The highest BCUT2D eigenvalue weighted by atomic mass is 35.5. The second-order valence-electron chi connectivity index (χ2n) is 8.32. The molecule has 5 rings (SSSR count). The van der Waals surface area contributed by atoms with E-state index in [1.807, 2.05) is 54.7 Å². The number of rotatable bonds is 9. The number of hydrogen-bond acceptors (Lipinski definition) is 5. The summed E-state index contributed by atoms with van der Waals surface area (Å²) in [6, 6.07) is 17.2. The Labute approximate surface area is 207 Å². The molecule has 0 saturated carbocycles. The summed E-state index contributed by atoms with van der Waals surface area (Å²) in [6.07, 6.45) is 7.38. The Morgan fingerprint density at radius 1 is 1.03 bits per heavy atom. The van der Waals surface area contributed by atoms with E-state index in [-0.39, 0.29) is 5.56 Å². The minimum absolute atomic E-state index is 0.150. The maximum atomic E-state index is 13.2. The van der Waals surface area contributed by atoms with E-state index in [9.17, 15) is 4.79 Å². The van der Waals surface area contributed by atoms with Crippen LogP contribution in [0, 0.1) is 0 Å². The van der Waals surface area contributed by atoms with Crippen LogP contribution in [0.2, 0.25) is 5.02 Å². The van der Waals surface area contributed by atoms with Gasteiger partial charge in [0.15, 0.2) is 0 Å². The zero-order valence-electron chi connectivity index (χ0n) is 19.3. The van der Waals surface area contributed by atoms with Crippen molar-refractivity contribution in [3.05, 3.63) is 99.8 Å². The minimum Gasteiger partial charge on any atom is -0.493 e. The standard InChI is InChI=1S/C26H25ClN6O2/c1-2-3-14-35-25-7-5-4-6-22(25)23-15-24-26(34)31(12-13-33(24)29-23)17-21-18-32(30-28-21)16-19-8-10-20(27)11-9-19/h4-13,15,18H,2-3,14,16-17H2,1H3. The number of fused-ring (bicyclic) bond motifs is 1. The summed E-state index contributed by atoms with van der Waals surface area (Å²) in [5, 5.41) is 13.7. The molecule has 0 unspecified atom stereocenters. The number of para-hydroxylation sites is 1. The lowest BCUT2D eigenvalue weighted by molar-refractivity contribution is 0.310. The van der Waals surface area contributed by atoms with Crippen molar-refractivity contribution in [2.45, 2.75) is 32.9 Å². The van der Waals surface area contributed by atoms with Crippen LogP contribution in [0.5, 0.6) is 5.75 Å². The molecule has 2 aromatic carbocycles. The smallest absolute Gasteiger partial charge is 0.276 e. The van der Waals surface area contributed by atoms with Gasteiger partial charge in [-0.1, -0.05) is 54.4 Å². The van der Waals surface area contributed by atoms with Crippen LogP contribution in [-0.2, 0) is 13.1 Å². The van der Waals surface area contributed by atoms with E-state index >= 15 is 0 Å². The van der Waals surface area contributed by atoms with Crippen molar-refractivity contribution >= 4 is 17.1 Å². The molecular formula is C26H25ClN6O2. The Balaban J connectivity index is 1.37. The van der Waals surface area contributed by atoms with Gasteiger partial charge in [0.05, 0.1) is 31.6 Å². The van der Waals surface area contributed by atoms with Crippen LogP contribution in [0.3, 0.4) is 0 Å². The largest absolute Gasteiger partial charge is 0.493 e. The molecule has 178 valence electrons. The molecule has 0 fully saturated rings. The first-order chi connectivity index (χ1) is 17.1. The number of nitrogens with zero attached hydrogens (tertiary/aromatic N) is 6. The van der Waals surface area contributed by atoms with Gasteiger partial charge >= 0.3 is 0 Å². The lowest BCUT2D eigenvalue weighted by Crippen LogP contribution is -2.21. The SMILES string of the molecule is CCCCOc1ccccc1-c1cc2c(=O)n(Cc3cn(Cc4ccc(Cl)cc4)nn3)ccn2n1. The van der Waals surface area contributed by atoms with Gasteiger partial charge in [0.25, 0.3) is 5.56 Å². The van der Waals surface area contributed by atoms with Gasteiger partial charge in [-0.3, -0.25) is 4.79 Å². The van der Waals surface area contributed by atoms with Gasteiger partial charge in [0, 0.05) is 23.0 Å². The predicted octanol–water partition coefficient (Wildman–Crippen LogP) is 4.68. The maximum Gasteiger partial charge on any atom is 0.276 e. The Morgan fingerprint density at radius 2 is 1.86 bits per heavy atom. The second kappa shape index (κ2) is 10.1. The summed E-state index contributed by atoms with van der Waals surface area (Å²) in [5.41, 5.74) is 3.65. The average molecular weight is 489 g/mol. The third kappa shape index (κ3) is 5.12. The second-order valence-corrected chi connectivity index (χ2v) is 8.76. The van der Waals surface area contributed by atoms with E-state index in [0.717, 1.165) is 29.7 Å². The van der Waals surface area contributed by atoms with Gasteiger partial charge in [0.2, 0.25) is 0 Å². The molecule has 0 amide bonds. The first-order valence-electron chi connectivity index (χ1n) is 11.5.